The summed E-state index contributed by atoms with van der Waals surface area (Å²) >= 11 is 0. The molecule has 2 amide bonds. The average Bonchev–Trinajstić information content (AvgIpc) is 2.39. The Bertz CT molecular complexity index is 456. The number of urea groups is 1. The van der Waals surface area contributed by atoms with Crippen LogP contribution in [0.15, 0.2) is 24.3 Å². The monoisotopic (exact) mass is 246 g/mol. The van der Waals surface area contributed by atoms with Gasteiger partial charge in [0.2, 0.25) is 0 Å². The topological polar surface area (TPSA) is 52.6 Å². The van der Waals surface area contributed by atoms with Crippen molar-refractivity contribution < 1.29 is 9.90 Å². The highest BCUT2D eigenvalue weighted by molar-refractivity contribution is 5.90. The van der Waals surface area contributed by atoms with Crippen molar-refractivity contribution in [3.05, 3.63) is 29.8 Å². The Morgan fingerprint density at radius 1 is 1.33 bits per heavy atom. The van der Waals surface area contributed by atoms with Gasteiger partial charge in [0, 0.05) is 18.7 Å². The second-order valence-electron chi connectivity index (χ2n) is 3.61. The molecule has 0 fully saturated rings. The van der Waals surface area contributed by atoms with E-state index in [1.54, 1.807) is 17.0 Å². The number of nitrogens with one attached hydrogen (secondary N) is 1. The molecule has 0 aliphatic rings. The number of para-hydroxylation sites is 1. The highest BCUT2D eigenvalue weighted by Gasteiger charge is 2.10. The fourth-order valence-electron chi connectivity index (χ4n) is 1.54. The summed E-state index contributed by atoms with van der Waals surface area (Å²) in [5.74, 6) is 5.39. The van der Waals surface area contributed by atoms with E-state index in [1.165, 1.54) is 0 Å². The molecule has 0 aromatic heterocycles. The quantitative estimate of drug-likeness (QED) is 0.800. The van der Waals surface area contributed by atoms with Gasteiger partial charge in [0.25, 0.3) is 0 Å². The first-order chi connectivity index (χ1) is 8.72. The number of rotatable bonds is 3. The van der Waals surface area contributed by atoms with E-state index in [-0.39, 0.29) is 12.6 Å². The molecule has 0 atom stereocenters. The minimum atomic E-state index is -0.196. The van der Waals surface area contributed by atoms with E-state index in [0.29, 0.717) is 24.3 Å². The lowest BCUT2D eigenvalue weighted by Gasteiger charge is -2.19. The van der Waals surface area contributed by atoms with Gasteiger partial charge in [-0.1, -0.05) is 24.0 Å². The maximum absolute atomic E-state index is 11.9. The number of anilines is 1. The molecule has 0 radical (unpaired) electrons. The van der Waals surface area contributed by atoms with Crippen molar-refractivity contribution in [1.29, 1.82) is 0 Å². The van der Waals surface area contributed by atoms with Gasteiger partial charge in [-0.2, -0.15) is 0 Å². The van der Waals surface area contributed by atoms with Gasteiger partial charge in [0.05, 0.1) is 5.69 Å². The molecule has 18 heavy (non-hydrogen) atoms. The Morgan fingerprint density at radius 3 is 2.61 bits per heavy atom. The molecule has 0 spiro atoms. The van der Waals surface area contributed by atoms with Crippen LogP contribution in [0, 0.1) is 11.8 Å². The van der Waals surface area contributed by atoms with Crippen LogP contribution < -0.4 is 5.32 Å². The van der Waals surface area contributed by atoms with Crippen molar-refractivity contribution in [3.63, 3.8) is 0 Å². The summed E-state index contributed by atoms with van der Waals surface area (Å²) in [4.78, 5) is 13.6. The molecular weight excluding hydrogens is 228 g/mol. The molecule has 0 unspecified atom stereocenters. The predicted octanol–water partition coefficient (Wildman–Crippen LogP) is 1.90. The molecule has 1 aromatic carbocycles. The Morgan fingerprint density at radius 2 is 2.00 bits per heavy atom. The van der Waals surface area contributed by atoms with E-state index < -0.39 is 0 Å². The van der Waals surface area contributed by atoms with Gasteiger partial charge in [0.1, 0.15) is 6.61 Å². The Labute approximate surface area is 108 Å². The molecule has 0 saturated heterocycles. The lowest BCUT2D eigenvalue weighted by Crippen LogP contribution is -2.34. The Kier molecular flexibility index (Phi) is 5.75. The molecule has 4 nitrogen and oxygen atoms in total. The van der Waals surface area contributed by atoms with Crippen LogP contribution in [0.1, 0.15) is 19.4 Å². The van der Waals surface area contributed by atoms with Crippen LogP contribution in [-0.4, -0.2) is 35.7 Å². The van der Waals surface area contributed by atoms with Crippen molar-refractivity contribution in [3.8, 4) is 11.8 Å². The van der Waals surface area contributed by atoms with Crippen molar-refractivity contribution in [1.82, 2.24) is 4.90 Å². The van der Waals surface area contributed by atoms with Crippen LogP contribution in [0.3, 0.4) is 0 Å². The second kappa shape index (κ2) is 7.36. The molecule has 1 aromatic rings. The van der Waals surface area contributed by atoms with Crippen LogP contribution in [0.2, 0.25) is 0 Å². The molecule has 96 valence electrons. The normalized spacial score (nSPS) is 9.28. The number of amides is 2. The number of carbonyl (C=O) groups is 1. The number of nitrogens with zero attached hydrogens (tertiary/aromatic N) is 1. The first-order valence-electron chi connectivity index (χ1n) is 5.97. The summed E-state index contributed by atoms with van der Waals surface area (Å²) < 4.78 is 0. The van der Waals surface area contributed by atoms with E-state index in [1.807, 2.05) is 26.0 Å². The summed E-state index contributed by atoms with van der Waals surface area (Å²) in [7, 11) is 0. The maximum atomic E-state index is 11.9. The third-order valence-electron chi connectivity index (χ3n) is 2.52. The van der Waals surface area contributed by atoms with E-state index in [0.717, 1.165) is 0 Å². The van der Waals surface area contributed by atoms with Gasteiger partial charge >= 0.3 is 6.03 Å². The van der Waals surface area contributed by atoms with Gasteiger partial charge in [-0.25, -0.2) is 4.79 Å². The van der Waals surface area contributed by atoms with Gasteiger partial charge in [-0.3, -0.25) is 0 Å². The summed E-state index contributed by atoms with van der Waals surface area (Å²) in [6.07, 6.45) is 0. The third kappa shape index (κ3) is 3.79. The van der Waals surface area contributed by atoms with Crippen molar-refractivity contribution >= 4 is 11.7 Å². The lowest BCUT2D eigenvalue weighted by molar-refractivity contribution is 0.217. The number of carbonyl (C=O) groups excluding carboxylic acids is 1. The Hall–Kier alpha value is -1.99. The van der Waals surface area contributed by atoms with Crippen molar-refractivity contribution in [2.45, 2.75) is 13.8 Å². The molecule has 0 aliphatic heterocycles. The zero-order valence-corrected chi connectivity index (χ0v) is 10.7. The van der Waals surface area contributed by atoms with Crippen molar-refractivity contribution in [2.24, 2.45) is 0 Å². The van der Waals surface area contributed by atoms with Crippen LogP contribution in [0.5, 0.6) is 0 Å². The van der Waals surface area contributed by atoms with Crippen LogP contribution in [0.4, 0.5) is 10.5 Å². The van der Waals surface area contributed by atoms with Crippen LogP contribution in [-0.2, 0) is 0 Å². The minimum Gasteiger partial charge on any atom is -0.384 e. The zero-order valence-electron chi connectivity index (χ0n) is 10.7. The van der Waals surface area contributed by atoms with Gasteiger partial charge in [-0.15, -0.1) is 0 Å². The summed E-state index contributed by atoms with van der Waals surface area (Å²) in [6, 6.07) is 7.14. The first-order valence-corrected chi connectivity index (χ1v) is 5.97. The standard InChI is InChI=1S/C14H18N2O2/c1-3-16(4-2)14(18)15-13-10-6-5-8-12(13)9-7-11-17/h5-6,8,10,17H,3-4,11H2,1-2H3,(H,15,18). The summed E-state index contributed by atoms with van der Waals surface area (Å²) in [5, 5.41) is 11.5. The molecule has 2 N–H and O–H groups in total. The van der Waals surface area contributed by atoms with E-state index in [4.69, 9.17) is 5.11 Å². The number of benzene rings is 1. The minimum absolute atomic E-state index is 0.141. The van der Waals surface area contributed by atoms with E-state index in [9.17, 15) is 4.79 Å². The third-order valence-corrected chi connectivity index (χ3v) is 2.52. The fraction of sp³-hybridized carbons (Fsp3) is 0.357. The van der Waals surface area contributed by atoms with Gasteiger partial charge in [-0.05, 0) is 26.0 Å². The number of hydrogen-bond acceptors (Lipinski definition) is 2. The predicted molar refractivity (Wildman–Crippen MR) is 72.3 cm³/mol. The number of hydrogen-bond donors (Lipinski definition) is 2. The largest absolute Gasteiger partial charge is 0.384 e. The maximum Gasteiger partial charge on any atom is 0.321 e. The zero-order chi connectivity index (χ0) is 13.4. The summed E-state index contributed by atoms with van der Waals surface area (Å²) in [6.45, 7) is 4.99. The molecular formula is C14H18N2O2. The van der Waals surface area contributed by atoms with Gasteiger partial charge < -0.3 is 15.3 Å². The van der Waals surface area contributed by atoms with Gasteiger partial charge in [0.15, 0.2) is 0 Å². The number of aliphatic hydroxyl groups excluding tert-OH is 1. The lowest BCUT2D eigenvalue weighted by atomic mass is 10.2. The smallest absolute Gasteiger partial charge is 0.321 e. The van der Waals surface area contributed by atoms with Crippen molar-refractivity contribution in [2.75, 3.05) is 25.0 Å². The highest BCUT2D eigenvalue weighted by Crippen LogP contribution is 2.14. The first kappa shape index (κ1) is 14.1. The molecule has 4 heteroatoms. The fourth-order valence-corrected chi connectivity index (χ4v) is 1.54. The number of aliphatic hydroxyl groups is 1. The van der Waals surface area contributed by atoms with Crippen LogP contribution >= 0.6 is 0 Å². The molecule has 0 aliphatic carbocycles. The molecule has 0 saturated carbocycles. The molecule has 1 rings (SSSR count). The SMILES string of the molecule is CCN(CC)C(=O)Nc1ccccc1C#CCO. The molecule has 0 heterocycles. The highest BCUT2D eigenvalue weighted by atomic mass is 16.2. The average molecular weight is 246 g/mol. The Balaban J connectivity index is 2.87. The molecule has 0 bridgehead atoms. The second-order valence-corrected chi connectivity index (χ2v) is 3.61. The summed E-state index contributed by atoms with van der Waals surface area (Å²) in [5.41, 5.74) is 1.36. The van der Waals surface area contributed by atoms with Crippen LogP contribution in [0.25, 0.3) is 0 Å². The van der Waals surface area contributed by atoms with E-state index >= 15 is 0 Å². The van der Waals surface area contributed by atoms with E-state index in [2.05, 4.69) is 17.2 Å².